The molecular weight excluding hydrogens is 264 g/mol. The molecule has 0 atom stereocenters. The SMILES string of the molecule is CNCc1ccccc1NC(=O)C(C)(C)S(C)(=O)=O. The van der Waals surface area contributed by atoms with Gasteiger partial charge in [-0.1, -0.05) is 18.2 Å². The van der Waals surface area contributed by atoms with Gasteiger partial charge in [0.25, 0.3) is 0 Å². The molecule has 0 heterocycles. The zero-order chi connectivity index (χ0) is 14.7. The second-order valence-electron chi connectivity index (χ2n) is 4.92. The molecule has 2 N–H and O–H groups in total. The lowest BCUT2D eigenvalue weighted by molar-refractivity contribution is -0.117. The number of sulfone groups is 1. The predicted molar refractivity (Wildman–Crippen MR) is 76.8 cm³/mol. The Morgan fingerprint density at radius 1 is 1.26 bits per heavy atom. The maximum absolute atomic E-state index is 12.1. The molecule has 0 saturated heterocycles. The molecule has 0 saturated carbocycles. The summed E-state index contributed by atoms with van der Waals surface area (Å²) in [5.41, 5.74) is 1.53. The summed E-state index contributed by atoms with van der Waals surface area (Å²) >= 11 is 0. The predicted octanol–water partition coefficient (Wildman–Crippen LogP) is 1.17. The van der Waals surface area contributed by atoms with Crippen LogP contribution in [0.1, 0.15) is 19.4 Å². The summed E-state index contributed by atoms with van der Waals surface area (Å²) in [6, 6.07) is 7.29. The standard InChI is InChI=1S/C13H20N2O3S/c1-13(2,19(4,17)18)12(16)15-11-8-6-5-7-10(11)9-14-3/h5-8,14H,9H2,1-4H3,(H,15,16). The van der Waals surface area contributed by atoms with Gasteiger partial charge in [0, 0.05) is 18.5 Å². The summed E-state index contributed by atoms with van der Waals surface area (Å²) in [4.78, 5) is 12.1. The quantitative estimate of drug-likeness (QED) is 0.851. The van der Waals surface area contributed by atoms with Crippen LogP contribution >= 0.6 is 0 Å². The van der Waals surface area contributed by atoms with E-state index in [9.17, 15) is 13.2 Å². The van der Waals surface area contributed by atoms with Crippen LogP contribution in [0.4, 0.5) is 5.69 Å². The van der Waals surface area contributed by atoms with Crippen LogP contribution in [-0.4, -0.2) is 32.4 Å². The summed E-state index contributed by atoms with van der Waals surface area (Å²) in [7, 11) is -1.67. The minimum Gasteiger partial charge on any atom is -0.324 e. The number of hydrogen-bond donors (Lipinski definition) is 2. The Labute approximate surface area is 114 Å². The number of benzene rings is 1. The van der Waals surface area contributed by atoms with Gasteiger partial charge in [-0.05, 0) is 32.5 Å². The van der Waals surface area contributed by atoms with E-state index in [4.69, 9.17) is 0 Å². The number of hydrogen-bond acceptors (Lipinski definition) is 4. The van der Waals surface area contributed by atoms with Crippen LogP contribution in [0, 0.1) is 0 Å². The molecule has 6 heteroatoms. The Morgan fingerprint density at radius 3 is 2.37 bits per heavy atom. The zero-order valence-electron chi connectivity index (χ0n) is 11.6. The number of anilines is 1. The van der Waals surface area contributed by atoms with E-state index in [1.165, 1.54) is 13.8 Å². The van der Waals surface area contributed by atoms with Gasteiger partial charge in [-0.25, -0.2) is 8.42 Å². The molecule has 0 fully saturated rings. The molecule has 0 bridgehead atoms. The second-order valence-corrected chi connectivity index (χ2v) is 7.49. The number of para-hydroxylation sites is 1. The summed E-state index contributed by atoms with van der Waals surface area (Å²) in [6.07, 6.45) is 1.06. The maximum Gasteiger partial charge on any atom is 0.245 e. The molecule has 0 aliphatic carbocycles. The summed E-state index contributed by atoms with van der Waals surface area (Å²) in [6.45, 7) is 3.40. The van der Waals surface area contributed by atoms with E-state index in [1.807, 2.05) is 12.1 Å². The van der Waals surface area contributed by atoms with Crippen molar-refractivity contribution in [1.82, 2.24) is 5.32 Å². The fourth-order valence-electron chi connectivity index (χ4n) is 1.43. The van der Waals surface area contributed by atoms with Gasteiger partial charge in [0.1, 0.15) is 4.75 Å². The lowest BCUT2D eigenvalue weighted by atomic mass is 10.1. The van der Waals surface area contributed by atoms with Crippen LogP contribution in [0.15, 0.2) is 24.3 Å². The van der Waals surface area contributed by atoms with Crippen molar-refractivity contribution in [2.75, 3.05) is 18.6 Å². The van der Waals surface area contributed by atoms with E-state index in [2.05, 4.69) is 10.6 Å². The average molecular weight is 284 g/mol. The lowest BCUT2D eigenvalue weighted by Gasteiger charge is -2.22. The van der Waals surface area contributed by atoms with Gasteiger partial charge in [0.2, 0.25) is 5.91 Å². The number of nitrogens with one attached hydrogen (secondary N) is 2. The van der Waals surface area contributed by atoms with Crippen LogP contribution in [0.25, 0.3) is 0 Å². The highest BCUT2D eigenvalue weighted by molar-refractivity contribution is 7.92. The molecule has 0 radical (unpaired) electrons. The molecule has 5 nitrogen and oxygen atoms in total. The lowest BCUT2D eigenvalue weighted by Crippen LogP contribution is -2.44. The van der Waals surface area contributed by atoms with E-state index in [0.29, 0.717) is 12.2 Å². The third-order valence-electron chi connectivity index (χ3n) is 3.11. The molecule has 106 valence electrons. The fourth-order valence-corrected chi connectivity index (χ4v) is 1.82. The molecule has 0 spiro atoms. The fraction of sp³-hybridized carbons (Fsp3) is 0.462. The van der Waals surface area contributed by atoms with E-state index in [1.54, 1.807) is 19.2 Å². The number of rotatable bonds is 5. The van der Waals surface area contributed by atoms with Gasteiger partial charge >= 0.3 is 0 Å². The largest absolute Gasteiger partial charge is 0.324 e. The Morgan fingerprint density at radius 2 is 1.84 bits per heavy atom. The van der Waals surface area contributed by atoms with Crippen molar-refractivity contribution in [1.29, 1.82) is 0 Å². The number of carbonyl (C=O) groups excluding carboxylic acids is 1. The first kappa shape index (κ1) is 15.7. The Hall–Kier alpha value is -1.40. The van der Waals surface area contributed by atoms with Gasteiger partial charge in [-0.2, -0.15) is 0 Å². The summed E-state index contributed by atoms with van der Waals surface area (Å²) < 4.78 is 21.8. The van der Waals surface area contributed by atoms with E-state index < -0.39 is 20.5 Å². The van der Waals surface area contributed by atoms with E-state index >= 15 is 0 Å². The molecule has 1 aromatic rings. The van der Waals surface area contributed by atoms with Crippen LogP contribution in [0.5, 0.6) is 0 Å². The third kappa shape index (κ3) is 3.54. The van der Waals surface area contributed by atoms with Gasteiger partial charge in [0.15, 0.2) is 9.84 Å². The molecule has 0 unspecified atom stereocenters. The second kappa shape index (κ2) is 5.71. The summed E-state index contributed by atoms with van der Waals surface area (Å²) in [5.74, 6) is -0.529. The molecule has 0 aliphatic heterocycles. The minimum atomic E-state index is -3.47. The van der Waals surface area contributed by atoms with Crippen molar-refractivity contribution >= 4 is 21.4 Å². The van der Waals surface area contributed by atoms with E-state index in [0.717, 1.165) is 11.8 Å². The Kier molecular flexibility index (Phi) is 4.70. The summed E-state index contributed by atoms with van der Waals surface area (Å²) in [5, 5.41) is 5.68. The topological polar surface area (TPSA) is 75.3 Å². The molecule has 1 rings (SSSR count). The van der Waals surface area contributed by atoms with Crippen LogP contribution in [-0.2, 0) is 21.2 Å². The van der Waals surface area contributed by atoms with Gasteiger partial charge in [-0.3, -0.25) is 4.79 Å². The number of amides is 1. The molecular formula is C13H20N2O3S. The monoisotopic (exact) mass is 284 g/mol. The average Bonchev–Trinajstić information content (AvgIpc) is 2.30. The van der Waals surface area contributed by atoms with Crippen LogP contribution in [0.3, 0.4) is 0 Å². The van der Waals surface area contributed by atoms with Gasteiger partial charge in [-0.15, -0.1) is 0 Å². The third-order valence-corrected chi connectivity index (χ3v) is 5.15. The molecule has 0 aliphatic rings. The maximum atomic E-state index is 12.1. The minimum absolute atomic E-state index is 0.529. The molecule has 1 amide bonds. The first-order valence-electron chi connectivity index (χ1n) is 5.93. The van der Waals surface area contributed by atoms with Crippen molar-refractivity contribution in [2.45, 2.75) is 25.1 Å². The van der Waals surface area contributed by atoms with Crippen molar-refractivity contribution < 1.29 is 13.2 Å². The number of carbonyl (C=O) groups is 1. The molecule has 0 aromatic heterocycles. The van der Waals surface area contributed by atoms with Gasteiger partial charge < -0.3 is 10.6 Å². The first-order chi connectivity index (χ1) is 8.70. The zero-order valence-corrected chi connectivity index (χ0v) is 12.5. The van der Waals surface area contributed by atoms with Crippen molar-refractivity contribution in [3.8, 4) is 0 Å². The highest BCUT2D eigenvalue weighted by Crippen LogP contribution is 2.21. The van der Waals surface area contributed by atoms with Crippen LogP contribution < -0.4 is 10.6 Å². The normalized spacial score (nSPS) is 12.2. The van der Waals surface area contributed by atoms with Gasteiger partial charge in [0.05, 0.1) is 0 Å². The van der Waals surface area contributed by atoms with Crippen LogP contribution in [0.2, 0.25) is 0 Å². The highest BCUT2D eigenvalue weighted by Gasteiger charge is 2.38. The first-order valence-corrected chi connectivity index (χ1v) is 7.83. The van der Waals surface area contributed by atoms with Crippen molar-refractivity contribution in [3.05, 3.63) is 29.8 Å². The van der Waals surface area contributed by atoms with E-state index in [-0.39, 0.29) is 0 Å². The smallest absolute Gasteiger partial charge is 0.245 e. The van der Waals surface area contributed by atoms with Crippen molar-refractivity contribution in [3.63, 3.8) is 0 Å². The Balaban J connectivity index is 3.01. The highest BCUT2D eigenvalue weighted by atomic mass is 32.2. The molecule has 19 heavy (non-hydrogen) atoms. The molecule has 1 aromatic carbocycles. The Bertz CT molecular complexity index is 565. The van der Waals surface area contributed by atoms with Crippen molar-refractivity contribution in [2.24, 2.45) is 0 Å².